The number of aryl methyl sites for hydroxylation is 1. The van der Waals surface area contributed by atoms with Crippen molar-refractivity contribution in [2.24, 2.45) is 5.92 Å². The van der Waals surface area contributed by atoms with Gasteiger partial charge in [-0.1, -0.05) is 23.8 Å². The fourth-order valence-electron chi connectivity index (χ4n) is 6.28. The third kappa shape index (κ3) is 3.03. The van der Waals surface area contributed by atoms with Gasteiger partial charge < -0.3 is 19.7 Å². The van der Waals surface area contributed by atoms with Gasteiger partial charge in [-0.3, -0.25) is 0 Å². The molecule has 1 aliphatic heterocycles. The highest BCUT2D eigenvalue weighted by Gasteiger charge is 2.57. The zero-order chi connectivity index (χ0) is 21.2. The van der Waals surface area contributed by atoms with E-state index in [1.54, 1.807) is 7.11 Å². The number of nitrogens with one attached hydrogen (secondary N) is 1. The lowest BCUT2D eigenvalue weighted by Crippen LogP contribution is -2.66. The van der Waals surface area contributed by atoms with Crippen LogP contribution in [0.1, 0.15) is 41.6 Å². The molecule has 6 rings (SSSR count). The van der Waals surface area contributed by atoms with Crippen molar-refractivity contribution in [2.45, 2.75) is 50.0 Å². The Morgan fingerprint density at radius 3 is 2.84 bits per heavy atom. The Kier molecular flexibility index (Phi) is 4.28. The molecule has 3 aromatic rings. The number of aromatic nitrogens is 1. The first-order valence-electron chi connectivity index (χ1n) is 11.7. The second kappa shape index (κ2) is 6.85. The number of β-amino-alcohol motifs (C(OH)–C–C–N with tert-alkyl or cyclic N) is 1. The summed E-state index contributed by atoms with van der Waals surface area (Å²) in [6.45, 7) is 5.08. The van der Waals surface area contributed by atoms with E-state index in [1.807, 2.05) is 6.07 Å². The van der Waals surface area contributed by atoms with Crippen molar-refractivity contribution < 1.29 is 9.84 Å². The molecule has 1 saturated carbocycles. The van der Waals surface area contributed by atoms with Crippen LogP contribution in [-0.2, 0) is 18.3 Å². The molecule has 4 nitrogen and oxygen atoms in total. The van der Waals surface area contributed by atoms with Crippen LogP contribution < -0.4 is 4.74 Å². The summed E-state index contributed by atoms with van der Waals surface area (Å²) in [5.41, 5.74) is 5.18. The Morgan fingerprint density at radius 2 is 2.03 bits per heavy atom. The molecule has 1 saturated heterocycles. The number of piperidine rings is 1. The molecule has 3 aliphatic rings. The number of fused-ring (bicyclic) bond motifs is 4. The molecule has 162 valence electrons. The zero-order valence-electron chi connectivity index (χ0n) is 18.6. The number of aliphatic hydroxyl groups is 1. The van der Waals surface area contributed by atoms with E-state index in [2.05, 4.69) is 53.2 Å². The quantitative estimate of drug-likeness (QED) is 0.664. The van der Waals surface area contributed by atoms with Crippen molar-refractivity contribution in [3.63, 3.8) is 0 Å². The standard InChI is InChI=1S/C27H32N2O2/c1-18-6-9-24-22(12-18)23-14-27(30)17-29(16-19-7-8-19)11-10-26(27,15-25(23)28-24)20-4-3-5-21(13-20)31-2/h3-6,9,12-13,19,28,30H,7-8,10-11,14-17H2,1-2H3/t26-,27-/m0/s1. The van der Waals surface area contributed by atoms with Crippen LogP contribution in [0.4, 0.5) is 0 Å². The molecule has 0 radical (unpaired) electrons. The fourth-order valence-corrected chi connectivity index (χ4v) is 6.28. The van der Waals surface area contributed by atoms with E-state index in [0.717, 1.165) is 44.1 Å². The predicted molar refractivity (Wildman–Crippen MR) is 124 cm³/mol. The molecule has 2 fully saturated rings. The third-order valence-corrected chi connectivity index (χ3v) is 8.16. The Balaban J connectivity index is 1.49. The van der Waals surface area contributed by atoms with Crippen molar-refractivity contribution in [2.75, 3.05) is 26.7 Å². The Morgan fingerprint density at radius 1 is 1.16 bits per heavy atom. The summed E-state index contributed by atoms with van der Waals surface area (Å²) in [6.07, 6.45) is 5.21. The minimum Gasteiger partial charge on any atom is -0.497 e. The van der Waals surface area contributed by atoms with Crippen LogP contribution >= 0.6 is 0 Å². The number of methoxy groups -OCH3 is 1. The maximum absolute atomic E-state index is 12.5. The van der Waals surface area contributed by atoms with E-state index in [9.17, 15) is 5.11 Å². The summed E-state index contributed by atoms with van der Waals surface area (Å²) in [6, 6.07) is 15.1. The van der Waals surface area contributed by atoms with Crippen molar-refractivity contribution >= 4 is 10.9 Å². The molecule has 31 heavy (non-hydrogen) atoms. The van der Waals surface area contributed by atoms with Gasteiger partial charge in [0.05, 0.1) is 12.7 Å². The van der Waals surface area contributed by atoms with Gasteiger partial charge >= 0.3 is 0 Å². The maximum atomic E-state index is 12.5. The number of hydrogen-bond acceptors (Lipinski definition) is 3. The topological polar surface area (TPSA) is 48.5 Å². The van der Waals surface area contributed by atoms with Crippen molar-refractivity contribution in [3.8, 4) is 5.75 Å². The van der Waals surface area contributed by atoms with Gasteiger partial charge in [-0.2, -0.15) is 0 Å². The molecular formula is C27H32N2O2. The minimum atomic E-state index is -0.793. The highest BCUT2D eigenvalue weighted by atomic mass is 16.5. The molecule has 0 unspecified atom stereocenters. The molecule has 2 atom stereocenters. The number of aromatic amines is 1. The highest BCUT2D eigenvalue weighted by Crippen LogP contribution is 2.52. The van der Waals surface area contributed by atoms with E-state index in [-0.39, 0.29) is 5.41 Å². The molecule has 1 aromatic heterocycles. The molecule has 2 aromatic carbocycles. The van der Waals surface area contributed by atoms with Crippen molar-refractivity contribution in [3.05, 3.63) is 64.8 Å². The summed E-state index contributed by atoms with van der Waals surface area (Å²) in [5, 5.41) is 13.7. The average Bonchev–Trinajstić information content (AvgIpc) is 3.52. The largest absolute Gasteiger partial charge is 0.497 e. The number of rotatable bonds is 4. The van der Waals surface area contributed by atoms with E-state index >= 15 is 0 Å². The van der Waals surface area contributed by atoms with Crippen LogP contribution in [-0.4, -0.2) is 47.3 Å². The number of hydrogen-bond donors (Lipinski definition) is 2. The lowest BCUT2D eigenvalue weighted by atomic mass is 9.56. The van der Waals surface area contributed by atoms with Gasteiger partial charge in [0.2, 0.25) is 0 Å². The number of likely N-dealkylation sites (tertiary alicyclic amines) is 1. The van der Waals surface area contributed by atoms with Gasteiger partial charge in [0.15, 0.2) is 0 Å². The molecule has 4 heteroatoms. The van der Waals surface area contributed by atoms with Crippen LogP contribution in [0.2, 0.25) is 0 Å². The zero-order valence-corrected chi connectivity index (χ0v) is 18.6. The number of benzene rings is 2. The molecule has 2 heterocycles. The van der Waals surface area contributed by atoms with Gasteiger partial charge in [-0.05, 0) is 74.0 Å². The Bertz CT molecular complexity index is 1150. The summed E-state index contributed by atoms with van der Waals surface area (Å²) < 4.78 is 5.57. The van der Waals surface area contributed by atoms with E-state index in [4.69, 9.17) is 4.74 Å². The third-order valence-electron chi connectivity index (χ3n) is 8.16. The van der Waals surface area contributed by atoms with Gasteiger partial charge in [-0.25, -0.2) is 0 Å². The fraction of sp³-hybridized carbons (Fsp3) is 0.481. The Labute approximate surface area is 184 Å². The second-order valence-corrected chi connectivity index (χ2v) is 10.3. The smallest absolute Gasteiger partial charge is 0.119 e. The SMILES string of the molecule is COc1cccc([C@@]23CCN(CC4CC4)C[C@@]2(O)Cc2c([nH]c4ccc(C)cc24)C3)c1. The predicted octanol–water partition coefficient (Wildman–Crippen LogP) is 4.37. The van der Waals surface area contributed by atoms with Crippen molar-refractivity contribution in [1.82, 2.24) is 9.88 Å². The number of ether oxygens (including phenoxy) is 1. The molecule has 0 bridgehead atoms. The molecular weight excluding hydrogens is 384 g/mol. The Hall–Kier alpha value is -2.30. The van der Waals surface area contributed by atoms with Gasteiger partial charge in [0.1, 0.15) is 5.75 Å². The molecule has 2 aliphatic carbocycles. The van der Waals surface area contributed by atoms with E-state index in [1.165, 1.54) is 46.1 Å². The summed E-state index contributed by atoms with van der Waals surface area (Å²) in [5.74, 6) is 1.70. The normalized spacial score (nSPS) is 28.4. The summed E-state index contributed by atoms with van der Waals surface area (Å²) in [7, 11) is 1.72. The monoisotopic (exact) mass is 416 g/mol. The number of H-pyrrole nitrogens is 1. The van der Waals surface area contributed by atoms with E-state index < -0.39 is 5.60 Å². The lowest BCUT2D eigenvalue weighted by Gasteiger charge is -2.56. The maximum Gasteiger partial charge on any atom is 0.119 e. The van der Waals surface area contributed by atoms with Gasteiger partial charge in [0.25, 0.3) is 0 Å². The van der Waals surface area contributed by atoms with Crippen molar-refractivity contribution in [1.29, 1.82) is 0 Å². The van der Waals surface area contributed by atoms with Gasteiger partial charge in [-0.15, -0.1) is 0 Å². The first-order chi connectivity index (χ1) is 15.0. The molecule has 0 spiro atoms. The van der Waals surface area contributed by atoms with Crippen LogP contribution in [0.25, 0.3) is 10.9 Å². The molecule has 0 amide bonds. The van der Waals surface area contributed by atoms with Crippen LogP contribution in [0.5, 0.6) is 5.75 Å². The second-order valence-electron chi connectivity index (χ2n) is 10.3. The van der Waals surface area contributed by atoms with Gasteiger partial charge in [0, 0.05) is 47.9 Å². The lowest BCUT2D eigenvalue weighted by molar-refractivity contribution is -0.103. The molecule has 2 N–H and O–H groups in total. The first kappa shape index (κ1) is 19.4. The van der Waals surface area contributed by atoms with E-state index in [0.29, 0.717) is 6.42 Å². The number of nitrogens with zero attached hydrogens (tertiary/aromatic N) is 1. The van der Waals surface area contributed by atoms with Crippen LogP contribution in [0, 0.1) is 12.8 Å². The highest BCUT2D eigenvalue weighted by molar-refractivity contribution is 5.86. The summed E-state index contributed by atoms with van der Waals surface area (Å²) in [4.78, 5) is 6.24. The first-order valence-corrected chi connectivity index (χ1v) is 11.7. The summed E-state index contributed by atoms with van der Waals surface area (Å²) >= 11 is 0. The van der Waals surface area contributed by atoms with Crippen LogP contribution in [0.3, 0.4) is 0 Å². The average molecular weight is 417 g/mol. The minimum absolute atomic E-state index is 0.301. The van der Waals surface area contributed by atoms with Crippen LogP contribution in [0.15, 0.2) is 42.5 Å².